The first kappa shape index (κ1) is 22.8. The lowest BCUT2D eigenvalue weighted by molar-refractivity contribution is 0.666. The minimum absolute atomic E-state index is 0.846. The largest absolute Gasteiger partial charge is 0.456 e. The van der Waals surface area contributed by atoms with Crippen LogP contribution in [0.2, 0.25) is 0 Å². The summed E-state index contributed by atoms with van der Waals surface area (Å²) in [7, 11) is 0. The second-order valence-electron chi connectivity index (χ2n) is 11.2. The highest BCUT2D eigenvalue weighted by Crippen LogP contribution is 2.40. The molecule has 0 N–H and O–H groups in total. The van der Waals surface area contributed by atoms with Gasteiger partial charge >= 0.3 is 0 Å². The van der Waals surface area contributed by atoms with Gasteiger partial charge in [0.2, 0.25) is 0 Å². The van der Waals surface area contributed by atoms with Crippen molar-refractivity contribution in [3.8, 4) is 17.1 Å². The SMILES string of the molecule is c1ccc2cc3c(cc2c1)nc(-c1ccc2oc4ccc5ccccc5c4c2c1)n3-c1cccc2c1oc1ccccc12. The zero-order valence-corrected chi connectivity index (χ0v) is 22.9. The Kier molecular flexibility index (Phi) is 4.42. The number of furan rings is 2. The normalized spacial score (nSPS) is 12.2. The Balaban J connectivity index is 1.33. The van der Waals surface area contributed by atoms with Crippen molar-refractivity contribution in [3.63, 3.8) is 0 Å². The predicted molar refractivity (Wildman–Crippen MR) is 176 cm³/mol. The summed E-state index contributed by atoms with van der Waals surface area (Å²) >= 11 is 0. The van der Waals surface area contributed by atoms with E-state index in [-0.39, 0.29) is 0 Å². The lowest BCUT2D eigenvalue weighted by Crippen LogP contribution is -1.98. The summed E-state index contributed by atoms with van der Waals surface area (Å²) in [6.45, 7) is 0. The summed E-state index contributed by atoms with van der Waals surface area (Å²) in [6, 6.07) is 46.5. The number of nitrogens with zero attached hydrogens (tertiary/aromatic N) is 2. The van der Waals surface area contributed by atoms with E-state index < -0.39 is 0 Å². The molecule has 0 bridgehead atoms. The zero-order chi connectivity index (χ0) is 28.1. The first-order chi connectivity index (χ1) is 21.3. The number of hydrogen-bond donors (Lipinski definition) is 0. The highest BCUT2D eigenvalue weighted by atomic mass is 16.3. The first-order valence-corrected chi connectivity index (χ1v) is 14.5. The molecule has 0 saturated heterocycles. The smallest absolute Gasteiger partial charge is 0.159 e. The van der Waals surface area contributed by atoms with Crippen molar-refractivity contribution in [2.24, 2.45) is 0 Å². The van der Waals surface area contributed by atoms with E-state index in [0.29, 0.717) is 0 Å². The Morgan fingerprint density at radius 3 is 2.12 bits per heavy atom. The maximum atomic E-state index is 6.53. The fourth-order valence-electron chi connectivity index (χ4n) is 6.80. The van der Waals surface area contributed by atoms with Gasteiger partial charge in [0.15, 0.2) is 5.58 Å². The van der Waals surface area contributed by atoms with E-state index in [0.717, 1.165) is 77.4 Å². The summed E-state index contributed by atoms with van der Waals surface area (Å²) < 4.78 is 15.1. The van der Waals surface area contributed by atoms with Crippen LogP contribution in [0.3, 0.4) is 0 Å². The van der Waals surface area contributed by atoms with Crippen LogP contribution in [-0.2, 0) is 0 Å². The van der Waals surface area contributed by atoms with Crippen LogP contribution < -0.4 is 0 Å². The van der Waals surface area contributed by atoms with Crippen LogP contribution in [0.5, 0.6) is 0 Å². The molecular formula is C39H22N2O2. The summed E-state index contributed by atoms with van der Waals surface area (Å²) in [5, 5.41) is 9.11. The Morgan fingerprint density at radius 2 is 1.21 bits per heavy atom. The van der Waals surface area contributed by atoms with Gasteiger partial charge in [0.25, 0.3) is 0 Å². The third-order valence-corrected chi connectivity index (χ3v) is 8.76. The molecule has 10 aromatic rings. The molecule has 4 nitrogen and oxygen atoms in total. The van der Waals surface area contributed by atoms with Crippen molar-refractivity contribution >= 4 is 76.5 Å². The second-order valence-corrected chi connectivity index (χ2v) is 11.2. The third-order valence-electron chi connectivity index (χ3n) is 8.76. The van der Waals surface area contributed by atoms with E-state index in [2.05, 4.69) is 126 Å². The van der Waals surface area contributed by atoms with Gasteiger partial charge in [-0.05, 0) is 70.1 Å². The molecule has 0 spiro atoms. The van der Waals surface area contributed by atoms with Crippen molar-refractivity contribution in [1.82, 2.24) is 9.55 Å². The molecule has 4 heteroatoms. The Bertz CT molecular complexity index is 2740. The molecule has 0 aliphatic rings. The van der Waals surface area contributed by atoms with E-state index >= 15 is 0 Å². The van der Waals surface area contributed by atoms with Gasteiger partial charge in [-0.25, -0.2) is 4.98 Å². The van der Waals surface area contributed by atoms with Crippen molar-refractivity contribution in [2.45, 2.75) is 0 Å². The average Bonchev–Trinajstić information content (AvgIpc) is 3.74. The quantitative estimate of drug-likeness (QED) is 0.215. The fourth-order valence-corrected chi connectivity index (χ4v) is 6.80. The van der Waals surface area contributed by atoms with E-state index in [4.69, 9.17) is 13.8 Å². The predicted octanol–water partition coefficient (Wildman–Crippen LogP) is 10.8. The van der Waals surface area contributed by atoms with Crippen LogP contribution in [-0.4, -0.2) is 9.55 Å². The number of fused-ring (bicyclic) bond motifs is 10. The highest BCUT2D eigenvalue weighted by molar-refractivity contribution is 6.19. The van der Waals surface area contributed by atoms with Gasteiger partial charge in [-0.1, -0.05) is 84.9 Å². The second kappa shape index (κ2) is 8.34. The molecule has 0 aliphatic heterocycles. The van der Waals surface area contributed by atoms with Gasteiger partial charge in [0, 0.05) is 27.1 Å². The fraction of sp³-hybridized carbons (Fsp3) is 0. The molecule has 0 fully saturated rings. The van der Waals surface area contributed by atoms with E-state index in [1.54, 1.807) is 0 Å². The van der Waals surface area contributed by atoms with Crippen LogP contribution in [0.1, 0.15) is 0 Å². The topological polar surface area (TPSA) is 44.1 Å². The minimum atomic E-state index is 0.846. The molecule has 0 unspecified atom stereocenters. The molecule has 0 atom stereocenters. The number of aromatic nitrogens is 2. The van der Waals surface area contributed by atoms with E-state index in [9.17, 15) is 0 Å². The van der Waals surface area contributed by atoms with Crippen molar-refractivity contribution in [3.05, 3.63) is 133 Å². The number of rotatable bonds is 2. The number of imidazole rings is 1. The van der Waals surface area contributed by atoms with Gasteiger partial charge in [-0.3, -0.25) is 4.57 Å². The molecule has 200 valence electrons. The number of hydrogen-bond acceptors (Lipinski definition) is 3. The van der Waals surface area contributed by atoms with Crippen molar-refractivity contribution in [1.29, 1.82) is 0 Å². The molecule has 0 radical (unpaired) electrons. The van der Waals surface area contributed by atoms with Gasteiger partial charge in [0.05, 0.1) is 16.7 Å². The van der Waals surface area contributed by atoms with Crippen molar-refractivity contribution in [2.75, 3.05) is 0 Å². The van der Waals surface area contributed by atoms with E-state index in [1.807, 2.05) is 12.1 Å². The molecule has 10 rings (SSSR count). The van der Waals surface area contributed by atoms with Crippen molar-refractivity contribution < 1.29 is 8.83 Å². The Labute approximate surface area is 245 Å². The molecule has 43 heavy (non-hydrogen) atoms. The minimum Gasteiger partial charge on any atom is -0.456 e. The Morgan fingerprint density at radius 1 is 0.488 bits per heavy atom. The highest BCUT2D eigenvalue weighted by Gasteiger charge is 2.21. The monoisotopic (exact) mass is 550 g/mol. The van der Waals surface area contributed by atoms with Crippen LogP contribution in [0.4, 0.5) is 0 Å². The molecule has 0 amide bonds. The summed E-state index contributed by atoms with van der Waals surface area (Å²) in [4.78, 5) is 5.29. The third kappa shape index (κ3) is 3.18. The lowest BCUT2D eigenvalue weighted by atomic mass is 10.0. The van der Waals surface area contributed by atoms with E-state index in [1.165, 1.54) is 16.2 Å². The number of para-hydroxylation sites is 2. The molecule has 0 aliphatic carbocycles. The van der Waals surface area contributed by atoms with Crippen LogP contribution >= 0.6 is 0 Å². The molecule has 0 saturated carbocycles. The lowest BCUT2D eigenvalue weighted by Gasteiger charge is -2.11. The summed E-state index contributed by atoms with van der Waals surface area (Å²) in [5.74, 6) is 0.856. The maximum absolute atomic E-state index is 6.53. The van der Waals surface area contributed by atoms with Crippen LogP contribution in [0, 0.1) is 0 Å². The maximum Gasteiger partial charge on any atom is 0.159 e. The van der Waals surface area contributed by atoms with Gasteiger partial charge in [-0.2, -0.15) is 0 Å². The summed E-state index contributed by atoms with van der Waals surface area (Å²) in [6.07, 6.45) is 0. The number of benzene rings is 7. The molecule has 7 aromatic carbocycles. The van der Waals surface area contributed by atoms with Gasteiger partial charge in [0.1, 0.15) is 22.6 Å². The first-order valence-electron chi connectivity index (χ1n) is 14.5. The molecule has 3 aromatic heterocycles. The molecule has 3 heterocycles. The standard InChI is InChI=1S/C39H22N2O2/c1-2-10-25-22-33-31(21-24(25)9-1)40-39(41(33)32-14-7-13-29-28-12-5-6-15-34(28)43-38(29)32)26-17-18-35-30(20-26)37-27-11-4-3-8-23(27)16-19-36(37)42-35/h1-22H. The van der Waals surface area contributed by atoms with Crippen LogP contribution in [0.25, 0.3) is 93.5 Å². The zero-order valence-electron chi connectivity index (χ0n) is 22.9. The average molecular weight is 551 g/mol. The molecular weight excluding hydrogens is 528 g/mol. The van der Waals surface area contributed by atoms with Gasteiger partial charge < -0.3 is 8.83 Å². The Hall–Kier alpha value is -5.87. The van der Waals surface area contributed by atoms with Gasteiger partial charge in [-0.15, -0.1) is 0 Å². The van der Waals surface area contributed by atoms with Crippen LogP contribution in [0.15, 0.2) is 142 Å². The summed E-state index contributed by atoms with van der Waals surface area (Å²) in [5.41, 5.74) is 7.41.